The molecule has 1 aliphatic carbocycles. The van der Waals surface area contributed by atoms with Crippen molar-refractivity contribution < 1.29 is 0 Å². The second-order valence-electron chi connectivity index (χ2n) is 6.60. The maximum absolute atomic E-state index is 6.59. The van der Waals surface area contributed by atoms with Gasteiger partial charge in [0, 0.05) is 5.54 Å². The smallest absolute Gasteiger partial charge is 0.0157 e. The number of unbranched alkanes of at least 4 members (excludes halogenated alkanes) is 6. The summed E-state index contributed by atoms with van der Waals surface area (Å²) in [6, 6.07) is 0. The molecule has 2 N–H and O–H groups in total. The zero-order chi connectivity index (χ0) is 13.3. The molecule has 1 rings (SSSR count). The molecule has 0 saturated heterocycles. The summed E-state index contributed by atoms with van der Waals surface area (Å²) in [4.78, 5) is 0. The highest BCUT2D eigenvalue weighted by molar-refractivity contribution is 4.90. The molecule has 2 unspecified atom stereocenters. The third-order valence-electron chi connectivity index (χ3n) is 4.84. The van der Waals surface area contributed by atoms with Crippen LogP contribution in [-0.4, -0.2) is 5.54 Å². The van der Waals surface area contributed by atoms with E-state index in [0.29, 0.717) is 0 Å². The van der Waals surface area contributed by atoms with E-state index in [0.717, 1.165) is 5.92 Å². The fourth-order valence-electron chi connectivity index (χ4n) is 3.53. The molecule has 0 aromatic carbocycles. The van der Waals surface area contributed by atoms with Crippen molar-refractivity contribution in [2.24, 2.45) is 11.7 Å². The highest BCUT2D eigenvalue weighted by Crippen LogP contribution is 2.35. The Morgan fingerprint density at radius 3 is 2.33 bits per heavy atom. The Bertz CT molecular complexity index is 202. The van der Waals surface area contributed by atoms with Crippen LogP contribution in [-0.2, 0) is 0 Å². The van der Waals surface area contributed by atoms with Gasteiger partial charge in [-0.15, -0.1) is 0 Å². The van der Waals surface area contributed by atoms with Crippen LogP contribution < -0.4 is 5.73 Å². The molecule has 1 aliphatic rings. The average Bonchev–Trinajstić information content (AvgIpc) is 2.37. The summed E-state index contributed by atoms with van der Waals surface area (Å²) < 4.78 is 0. The predicted octanol–water partition coefficient (Wildman–Crippen LogP) is 5.42. The summed E-state index contributed by atoms with van der Waals surface area (Å²) in [5.74, 6) is 0.910. The monoisotopic (exact) mass is 253 g/mol. The molecule has 1 saturated carbocycles. The van der Waals surface area contributed by atoms with E-state index in [2.05, 4.69) is 13.8 Å². The molecule has 0 spiro atoms. The Morgan fingerprint density at radius 2 is 1.67 bits per heavy atom. The minimum absolute atomic E-state index is 0.197. The number of rotatable bonds is 9. The minimum atomic E-state index is 0.197. The van der Waals surface area contributed by atoms with Crippen LogP contribution >= 0.6 is 0 Å². The Hall–Kier alpha value is -0.0400. The lowest BCUT2D eigenvalue weighted by molar-refractivity contribution is 0.203. The van der Waals surface area contributed by atoms with E-state index >= 15 is 0 Å². The van der Waals surface area contributed by atoms with E-state index in [9.17, 15) is 0 Å². The van der Waals surface area contributed by atoms with Crippen LogP contribution in [0.15, 0.2) is 0 Å². The van der Waals surface area contributed by atoms with Gasteiger partial charge in [-0.3, -0.25) is 0 Å². The molecule has 0 amide bonds. The molecule has 2 atom stereocenters. The molecule has 0 aromatic rings. The topological polar surface area (TPSA) is 26.0 Å². The molecule has 108 valence electrons. The quantitative estimate of drug-likeness (QED) is 0.545. The van der Waals surface area contributed by atoms with Gasteiger partial charge in [0.1, 0.15) is 0 Å². The lowest BCUT2D eigenvalue weighted by Crippen LogP contribution is -2.44. The van der Waals surface area contributed by atoms with Gasteiger partial charge in [-0.25, -0.2) is 0 Å². The first kappa shape index (κ1) is 16.0. The largest absolute Gasteiger partial charge is 0.325 e. The Kier molecular flexibility index (Phi) is 7.97. The fraction of sp³-hybridized carbons (Fsp3) is 1.00. The molecular weight excluding hydrogens is 218 g/mol. The van der Waals surface area contributed by atoms with Crippen molar-refractivity contribution in [3.63, 3.8) is 0 Å². The molecule has 1 fully saturated rings. The van der Waals surface area contributed by atoms with Gasteiger partial charge in [0.05, 0.1) is 0 Å². The lowest BCUT2D eigenvalue weighted by Gasteiger charge is -2.38. The third-order valence-corrected chi connectivity index (χ3v) is 4.84. The first-order valence-corrected chi connectivity index (χ1v) is 8.49. The van der Waals surface area contributed by atoms with E-state index in [4.69, 9.17) is 5.73 Å². The first-order valence-electron chi connectivity index (χ1n) is 8.49. The summed E-state index contributed by atoms with van der Waals surface area (Å²) in [6.45, 7) is 4.61. The second kappa shape index (κ2) is 8.96. The van der Waals surface area contributed by atoms with E-state index < -0.39 is 0 Å². The van der Waals surface area contributed by atoms with Gasteiger partial charge < -0.3 is 5.73 Å². The van der Waals surface area contributed by atoms with Crippen molar-refractivity contribution in [2.45, 2.75) is 103 Å². The summed E-state index contributed by atoms with van der Waals surface area (Å²) in [7, 11) is 0. The molecule has 0 aromatic heterocycles. The van der Waals surface area contributed by atoms with Crippen LogP contribution in [0.25, 0.3) is 0 Å². The van der Waals surface area contributed by atoms with E-state index in [1.807, 2.05) is 0 Å². The van der Waals surface area contributed by atoms with Gasteiger partial charge in [0.25, 0.3) is 0 Å². The van der Waals surface area contributed by atoms with E-state index in [-0.39, 0.29) is 5.54 Å². The van der Waals surface area contributed by atoms with Crippen molar-refractivity contribution in [3.8, 4) is 0 Å². The lowest BCUT2D eigenvalue weighted by atomic mass is 9.73. The maximum Gasteiger partial charge on any atom is 0.0157 e. The maximum atomic E-state index is 6.59. The van der Waals surface area contributed by atoms with Gasteiger partial charge in [-0.2, -0.15) is 0 Å². The molecule has 1 heteroatoms. The Morgan fingerprint density at radius 1 is 1.00 bits per heavy atom. The van der Waals surface area contributed by atoms with E-state index in [1.165, 1.54) is 83.5 Å². The SMILES string of the molecule is CCCCCCCCCC1(N)CCCC(CC)C1. The van der Waals surface area contributed by atoms with Crippen LogP contribution in [0.4, 0.5) is 0 Å². The number of hydrogen-bond acceptors (Lipinski definition) is 1. The predicted molar refractivity (Wildman–Crippen MR) is 81.8 cm³/mol. The zero-order valence-electron chi connectivity index (χ0n) is 12.8. The number of hydrogen-bond donors (Lipinski definition) is 1. The Labute approximate surface area is 115 Å². The van der Waals surface area contributed by atoms with Gasteiger partial charge in [-0.05, 0) is 25.2 Å². The number of nitrogens with two attached hydrogens (primary N) is 1. The van der Waals surface area contributed by atoms with Gasteiger partial charge in [0.2, 0.25) is 0 Å². The minimum Gasteiger partial charge on any atom is -0.325 e. The standard InChI is InChI=1S/C17H35N/c1-3-5-6-7-8-9-10-13-17(18)14-11-12-16(4-2)15-17/h16H,3-15,18H2,1-2H3. The van der Waals surface area contributed by atoms with Crippen molar-refractivity contribution >= 4 is 0 Å². The van der Waals surface area contributed by atoms with Crippen molar-refractivity contribution in [1.29, 1.82) is 0 Å². The fourth-order valence-corrected chi connectivity index (χ4v) is 3.53. The second-order valence-corrected chi connectivity index (χ2v) is 6.60. The van der Waals surface area contributed by atoms with Crippen molar-refractivity contribution in [1.82, 2.24) is 0 Å². The van der Waals surface area contributed by atoms with Crippen LogP contribution in [0.5, 0.6) is 0 Å². The average molecular weight is 253 g/mol. The van der Waals surface area contributed by atoms with Crippen molar-refractivity contribution in [2.75, 3.05) is 0 Å². The molecule has 0 aliphatic heterocycles. The molecule has 0 heterocycles. The van der Waals surface area contributed by atoms with Gasteiger partial charge in [-0.1, -0.05) is 78.1 Å². The molecule has 1 nitrogen and oxygen atoms in total. The van der Waals surface area contributed by atoms with Crippen LogP contribution in [0.2, 0.25) is 0 Å². The summed E-state index contributed by atoms with van der Waals surface area (Å²) in [5.41, 5.74) is 6.78. The first-order chi connectivity index (χ1) is 8.70. The third kappa shape index (κ3) is 6.22. The summed E-state index contributed by atoms with van der Waals surface area (Å²) in [5, 5.41) is 0. The normalized spacial score (nSPS) is 28.5. The van der Waals surface area contributed by atoms with Crippen LogP contribution in [0.3, 0.4) is 0 Å². The molecule has 0 radical (unpaired) electrons. The van der Waals surface area contributed by atoms with Gasteiger partial charge >= 0.3 is 0 Å². The zero-order valence-corrected chi connectivity index (χ0v) is 12.8. The van der Waals surface area contributed by atoms with Crippen LogP contribution in [0, 0.1) is 5.92 Å². The van der Waals surface area contributed by atoms with Crippen molar-refractivity contribution in [3.05, 3.63) is 0 Å². The van der Waals surface area contributed by atoms with E-state index in [1.54, 1.807) is 0 Å². The summed E-state index contributed by atoms with van der Waals surface area (Å²) >= 11 is 0. The van der Waals surface area contributed by atoms with Crippen LogP contribution in [0.1, 0.15) is 97.3 Å². The molecular formula is C17H35N. The molecule has 18 heavy (non-hydrogen) atoms. The molecule has 0 bridgehead atoms. The van der Waals surface area contributed by atoms with Gasteiger partial charge in [0.15, 0.2) is 0 Å². The highest BCUT2D eigenvalue weighted by Gasteiger charge is 2.31. The highest BCUT2D eigenvalue weighted by atomic mass is 14.7. The Balaban J connectivity index is 2.06. The summed E-state index contributed by atoms with van der Waals surface area (Å²) in [6.07, 6.45) is 17.8.